The van der Waals surface area contributed by atoms with E-state index in [1.54, 1.807) is 6.07 Å². The monoisotopic (exact) mass is 301 g/mol. The number of aryl methyl sites for hydroxylation is 2. The number of sulfonamides is 1. The lowest BCUT2D eigenvalue weighted by molar-refractivity contribution is 0.478. The van der Waals surface area contributed by atoms with Crippen LogP contribution in [0.2, 0.25) is 0 Å². The summed E-state index contributed by atoms with van der Waals surface area (Å²) in [5, 5.41) is 0. The molecule has 0 spiro atoms. The normalized spacial score (nSPS) is 17.4. The minimum Gasteiger partial charge on any atom is -0.211 e. The Kier molecular flexibility index (Phi) is 4.23. The fraction of sp³-hybridized carbons (Fsp3) is 0.571. The van der Waals surface area contributed by atoms with Crippen molar-refractivity contribution in [1.82, 2.24) is 4.72 Å². The van der Waals surface area contributed by atoms with E-state index in [4.69, 9.17) is 11.6 Å². The minimum absolute atomic E-state index is 0.105. The highest BCUT2D eigenvalue weighted by atomic mass is 35.5. The Hall–Kier alpha value is -0.580. The largest absolute Gasteiger partial charge is 0.240 e. The van der Waals surface area contributed by atoms with Gasteiger partial charge in [0.25, 0.3) is 0 Å². The van der Waals surface area contributed by atoms with E-state index in [0.29, 0.717) is 17.3 Å². The predicted octanol–water partition coefficient (Wildman–Crippen LogP) is 2.99. The Morgan fingerprint density at radius 3 is 2.53 bits per heavy atom. The number of rotatable bonds is 6. The average molecular weight is 302 g/mol. The third-order valence-corrected chi connectivity index (χ3v) is 5.59. The van der Waals surface area contributed by atoms with Gasteiger partial charge in [0.05, 0.1) is 4.90 Å². The molecule has 5 heteroatoms. The summed E-state index contributed by atoms with van der Waals surface area (Å²) in [6.07, 6.45) is 3.01. The molecule has 0 amide bonds. The van der Waals surface area contributed by atoms with Crippen molar-refractivity contribution in [2.45, 2.75) is 38.0 Å². The van der Waals surface area contributed by atoms with Gasteiger partial charge in [-0.25, -0.2) is 13.1 Å². The molecule has 1 aliphatic rings. The zero-order valence-corrected chi connectivity index (χ0v) is 12.9. The van der Waals surface area contributed by atoms with Gasteiger partial charge < -0.3 is 0 Å². The van der Waals surface area contributed by atoms with Crippen molar-refractivity contribution >= 4 is 21.6 Å². The lowest BCUT2D eigenvalue weighted by Gasteiger charge is -2.15. The highest BCUT2D eigenvalue weighted by Gasteiger charge is 2.42. The molecule has 0 radical (unpaired) electrons. The molecule has 3 nitrogen and oxygen atoms in total. The first-order chi connectivity index (χ1) is 8.88. The third-order valence-electron chi connectivity index (χ3n) is 3.84. The van der Waals surface area contributed by atoms with Gasteiger partial charge in [-0.05, 0) is 50.2 Å². The van der Waals surface area contributed by atoms with Crippen molar-refractivity contribution in [1.29, 1.82) is 0 Å². The molecule has 1 aliphatic carbocycles. The van der Waals surface area contributed by atoms with E-state index >= 15 is 0 Å². The molecule has 1 N–H and O–H groups in total. The Morgan fingerprint density at radius 2 is 2.00 bits per heavy atom. The quantitative estimate of drug-likeness (QED) is 0.821. The first-order valence-electron chi connectivity index (χ1n) is 6.51. The van der Waals surface area contributed by atoms with Crippen LogP contribution in [0.4, 0.5) is 0 Å². The Morgan fingerprint density at radius 1 is 1.32 bits per heavy atom. The van der Waals surface area contributed by atoms with Crippen molar-refractivity contribution in [2.75, 3.05) is 12.4 Å². The molecular weight excluding hydrogens is 282 g/mol. The van der Waals surface area contributed by atoms with Gasteiger partial charge >= 0.3 is 0 Å². The topological polar surface area (TPSA) is 46.2 Å². The molecule has 1 saturated carbocycles. The summed E-state index contributed by atoms with van der Waals surface area (Å²) in [6.45, 7) is 4.28. The van der Waals surface area contributed by atoms with Gasteiger partial charge in [0, 0.05) is 12.4 Å². The van der Waals surface area contributed by atoms with Crippen molar-refractivity contribution in [2.24, 2.45) is 5.41 Å². The van der Waals surface area contributed by atoms with Gasteiger partial charge in [-0.1, -0.05) is 17.7 Å². The molecule has 2 rings (SSSR count). The molecule has 106 valence electrons. The molecule has 0 unspecified atom stereocenters. The van der Waals surface area contributed by atoms with E-state index in [9.17, 15) is 8.42 Å². The molecule has 1 aromatic rings. The second-order valence-corrected chi connectivity index (χ2v) is 7.65. The molecule has 1 fully saturated rings. The Balaban J connectivity index is 2.10. The fourth-order valence-corrected chi connectivity index (χ4v) is 4.10. The first-order valence-corrected chi connectivity index (χ1v) is 8.53. The van der Waals surface area contributed by atoms with Crippen LogP contribution >= 0.6 is 11.6 Å². The zero-order chi connectivity index (χ0) is 14.1. The van der Waals surface area contributed by atoms with E-state index in [2.05, 4.69) is 4.72 Å². The van der Waals surface area contributed by atoms with E-state index < -0.39 is 10.0 Å². The maximum absolute atomic E-state index is 12.3. The van der Waals surface area contributed by atoms with Crippen molar-refractivity contribution in [3.63, 3.8) is 0 Å². The van der Waals surface area contributed by atoms with Gasteiger partial charge in [0.1, 0.15) is 0 Å². The average Bonchev–Trinajstić information content (AvgIpc) is 3.07. The minimum atomic E-state index is -3.41. The zero-order valence-electron chi connectivity index (χ0n) is 11.4. The summed E-state index contributed by atoms with van der Waals surface area (Å²) >= 11 is 5.76. The van der Waals surface area contributed by atoms with Gasteiger partial charge in [-0.3, -0.25) is 0 Å². The maximum atomic E-state index is 12.3. The van der Waals surface area contributed by atoms with Gasteiger partial charge in [-0.15, -0.1) is 11.6 Å². The van der Waals surface area contributed by atoms with Crippen LogP contribution in [0.1, 0.15) is 30.4 Å². The van der Waals surface area contributed by atoms with Crippen LogP contribution in [0.3, 0.4) is 0 Å². The second kappa shape index (κ2) is 5.43. The van der Waals surface area contributed by atoms with E-state index in [0.717, 1.165) is 30.4 Å². The number of hydrogen-bond donors (Lipinski definition) is 1. The standard InChI is InChI=1S/C14H20ClNO2S/c1-11-3-4-13(12(2)9-11)19(17,18)16-10-14(5-6-14)7-8-15/h3-4,9,16H,5-8,10H2,1-2H3. The maximum Gasteiger partial charge on any atom is 0.240 e. The summed E-state index contributed by atoms with van der Waals surface area (Å²) < 4.78 is 27.3. The van der Waals surface area contributed by atoms with Crippen LogP contribution in [-0.4, -0.2) is 20.8 Å². The third kappa shape index (κ3) is 3.50. The SMILES string of the molecule is Cc1ccc(S(=O)(=O)NCC2(CCCl)CC2)c(C)c1. The molecule has 0 heterocycles. The van der Waals surface area contributed by atoms with Crippen molar-refractivity contribution < 1.29 is 8.42 Å². The number of hydrogen-bond acceptors (Lipinski definition) is 2. The lowest BCUT2D eigenvalue weighted by Crippen LogP contribution is -2.31. The number of nitrogens with one attached hydrogen (secondary N) is 1. The highest BCUT2D eigenvalue weighted by Crippen LogP contribution is 2.48. The highest BCUT2D eigenvalue weighted by molar-refractivity contribution is 7.89. The van der Waals surface area contributed by atoms with Crippen LogP contribution in [0, 0.1) is 19.3 Å². The van der Waals surface area contributed by atoms with Gasteiger partial charge in [0.2, 0.25) is 10.0 Å². The molecule has 1 aromatic carbocycles. The molecule has 0 aliphatic heterocycles. The van der Waals surface area contributed by atoms with Crippen LogP contribution < -0.4 is 4.72 Å². The molecule has 0 aromatic heterocycles. The molecule has 0 atom stereocenters. The smallest absolute Gasteiger partial charge is 0.211 e. The summed E-state index contributed by atoms with van der Waals surface area (Å²) in [7, 11) is -3.41. The van der Waals surface area contributed by atoms with Crippen LogP contribution in [0.5, 0.6) is 0 Å². The van der Waals surface area contributed by atoms with E-state index in [-0.39, 0.29) is 5.41 Å². The van der Waals surface area contributed by atoms with E-state index in [1.165, 1.54) is 0 Å². The molecular formula is C14H20ClNO2S. The Labute approximate surface area is 120 Å². The van der Waals surface area contributed by atoms with E-state index in [1.807, 2.05) is 26.0 Å². The lowest BCUT2D eigenvalue weighted by atomic mass is 10.1. The molecule has 0 saturated heterocycles. The Bertz CT molecular complexity index is 565. The number of alkyl halides is 1. The van der Waals surface area contributed by atoms with Gasteiger partial charge in [-0.2, -0.15) is 0 Å². The fourth-order valence-electron chi connectivity index (χ4n) is 2.32. The van der Waals surface area contributed by atoms with Crippen molar-refractivity contribution in [3.8, 4) is 0 Å². The van der Waals surface area contributed by atoms with Crippen LogP contribution in [0.25, 0.3) is 0 Å². The summed E-state index contributed by atoms with van der Waals surface area (Å²) in [5.41, 5.74) is 1.96. The molecule has 0 bridgehead atoms. The molecule has 19 heavy (non-hydrogen) atoms. The van der Waals surface area contributed by atoms with Gasteiger partial charge in [0.15, 0.2) is 0 Å². The second-order valence-electron chi connectivity index (χ2n) is 5.53. The van der Waals surface area contributed by atoms with Crippen LogP contribution in [0.15, 0.2) is 23.1 Å². The van der Waals surface area contributed by atoms with Crippen LogP contribution in [-0.2, 0) is 10.0 Å². The van der Waals surface area contributed by atoms with Crippen molar-refractivity contribution in [3.05, 3.63) is 29.3 Å². The first kappa shape index (κ1) is 14.8. The summed E-state index contributed by atoms with van der Waals surface area (Å²) in [5.74, 6) is 0.589. The summed E-state index contributed by atoms with van der Waals surface area (Å²) in [4.78, 5) is 0.375. The predicted molar refractivity (Wildman–Crippen MR) is 78.1 cm³/mol. The number of halogens is 1. The number of benzene rings is 1. The summed E-state index contributed by atoms with van der Waals surface area (Å²) in [6, 6.07) is 5.39.